The lowest BCUT2D eigenvalue weighted by Gasteiger charge is -2.29. The summed E-state index contributed by atoms with van der Waals surface area (Å²) < 4.78 is 10.1. The van der Waals surface area contributed by atoms with Crippen LogP contribution in [0.4, 0.5) is 4.79 Å². The van der Waals surface area contributed by atoms with Crippen LogP contribution in [0.3, 0.4) is 0 Å². The Balaban J connectivity index is 2.25. The summed E-state index contributed by atoms with van der Waals surface area (Å²) in [4.78, 5) is 78.9. The standard InChI is InChI=1S/C43H65N5O10/c1-26(2)20-31(35(49)24-37(51)44-28(5)39(53)45-32(21-27(3)4)36(50)25-38(52)57-9)46-40(54)33(22-29-16-12-10-13-17-29)47-41(55)34(23-30-18-14-11-15-19-30)48-42(56)58-43(6,7)8/h10-19,26-28,31-36,49-50H,20-25H2,1-9H3,(H,44,51)(H,45,53)(H,46,54)(H,47,55)(H,48,56)/t28?,31?,32?,33?,34-,35?,36?/m0/s1. The first kappa shape index (κ1) is 49.1. The Morgan fingerprint density at radius 3 is 1.48 bits per heavy atom. The molecule has 2 aromatic rings. The highest BCUT2D eigenvalue weighted by Gasteiger charge is 2.33. The molecule has 0 saturated carbocycles. The van der Waals surface area contributed by atoms with Gasteiger partial charge in [-0.05, 0) is 63.5 Å². The van der Waals surface area contributed by atoms with Crippen molar-refractivity contribution >= 4 is 35.7 Å². The summed E-state index contributed by atoms with van der Waals surface area (Å²) >= 11 is 0. The van der Waals surface area contributed by atoms with Crippen LogP contribution in [0.25, 0.3) is 0 Å². The number of aliphatic hydroxyl groups excluding tert-OH is 2. The molecule has 0 aromatic heterocycles. The average Bonchev–Trinajstić information content (AvgIpc) is 3.13. The van der Waals surface area contributed by atoms with Crippen LogP contribution in [0.15, 0.2) is 60.7 Å². The molecule has 322 valence electrons. The van der Waals surface area contributed by atoms with Crippen molar-refractivity contribution in [3.05, 3.63) is 71.8 Å². The van der Waals surface area contributed by atoms with Crippen LogP contribution in [0.2, 0.25) is 0 Å². The molecule has 15 heteroatoms. The molecule has 0 aliphatic rings. The largest absolute Gasteiger partial charge is 0.469 e. The summed E-state index contributed by atoms with van der Waals surface area (Å²) in [6.45, 7) is 14.1. The van der Waals surface area contributed by atoms with Gasteiger partial charge in [-0.25, -0.2) is 4.79 Å². The van der Waals surface area contributed by atoms with Crippen molar-refractivity contribution in [1.29, 1.82) is 0 Å². The molecule has 7 N–H and O–H groups in total. The van der Waals surface area contributed by atoms with Crippen molar-refractivity contribution < 1.29 is 48.5 Å². The van der Waals surface area contributed by atoms with Crippen LogP contribution in [0.5, 0.6) is 0 Å². The average molecular weight is 812 g/mol. The van der Waals surface area contributed by atoms with Crippen LogP contribution in [-0.4, -0.2) is 101 Å². The summed E-state index contributed by atoms with van der Waals surface area (Å²) in [6, 6.07) is 13.1. The highest BCUT2D eigenvalue weighted by molar-refractivity contribution is 5.92. The van der Waals surface area contributed by atoms with E-state index in [-0.39, 0.29) is 37.5 Å². The summed E-state index contributed by atoms with van der Waals surface area (Å²) in [7, 11) is 1.20. The fourth-order valence-corrected chi connectivity index (χ4v) is 6.17. The van der Waals surface area contributed by atoms with Crippen molar-refractivity contribution in [3.8, 4) is 0 Å². The molecule has 7 atom stereocenters. The van der Waals surface area contributed by atoms with Crippen LogP contribution < -0.4 is 26.6 Å². The van der Waals surface area contributed by atoms with Gasteiger partial charge in [0.15, 0.2) is 0 Å². The number of alkyl carbamates (subject to hydrolysis) is 1. The number of methoxy groups -OCH3 is 1. The molecular weight excluding hydrogens is 746 g/mol. The predicted octanol–water partition coefficient (Wildman–Crippen LogP) is 3.09. The summed E-state index contributed by atoms with van der Waals surface area (Å²) in [5.41, 5.74) is 0.678. The minimum Gasteiger partial charge on any atom is -0.469 e. The van der Waals surface area contributed by atoms with E-state index in [2.05, 4.69) is 31.3 Å². The first-order valence-corrected chi connectivity index (χ1v) is 19.9. The quantitative estimate of drug-likeness (QED) is 0.0862. The van der Waals surface area contributed by atoms with Gasteiger partial charge in [0.25, 0.3) is 0 Å². The number of nitrogens with one attached hydrogen (secondary N) is 5. The second-order valence-corrected chi connectivity index (χ2v) is 16.5. The number of benzene rings is 2. The van der Waals surface area contributed by atoms with E-state index in [4.69, 9.17) is 4.74 Å². The lowest BCUT2D eigenvalue weighted by molar-refractivity contribution is -0.144. The van der Waals surface area contributed by atoms with E-state index in [0.717, 1.165) is 11.1 Å². The summed E-state index contributed by atoms with van der Waals surface area (Å²) in [6.07, 6.45) is -3.37. The molecule has 6 unspecified atom stereocenters. The number of amides is 5. The molecule has 0 heterocycles. The molecule has 58 heavy (non-hydrogen) atoms. The fourth-order valence-electron chi connectivity index (χ4n) is 6.17. The Labute approximate surface area is 342 Å². The molecule has 0 aliphatic heterocycles. The molecule has 15 nitrogen and oxygen atoms in total. The normalized spacial score (nSPS) is 15.1. The van der Waals surface area contributed by atoms with Gasteiger partial charge < -0.3 is 46.3 Å². The van der Waals surface area contributed by atoms with Crippen molar-refractivity contribution in [2.75, 3.05) is 7.11 Å². The first-order chi connectivity index (χ1) is 27.2. The summed E-state index contributed by atoms with van der Waals surface area (Å²) in [5.74, 6) is -3.12. The third kappa shape index (κ3) is 18.9. The van der Waals surface area contributed by atoms with Crippen molar-refractivity contribution in [1.82, 2.24) is 26.6 Å². The third-order valence-corrected chi connectivity index (χ3v) is 9.01. The van der Waals surface area contributed by atoms with E-state index in [1.54, 1.807) is 45.0 Å². The van der Waals surface area contributed by atoms with Gasteiger partial charge in [-0.2, -0.15) is 0 Å². The highest BCUT2D eigenvalue weighted by Crippen LogP contribution is 2.15. The van der Waals surface area contributed by atoms with E-state index in [9.17, 15) is 39.0 Å². The molecule has 0 saturated heterocycles. The van der Waals surface area contributed by atoms with Gasteiger partial charge in [0.1, 0.15) is 23.7 Å². The molecule has 0 fully saturated rings. The molecule has 2 aromatic carbocycles. The van der Waals surface area contributed by atoms with Gasteiger partial charge in [0, 0.05) is 12.8 Å². The second kappa shape index (κ2) is 24.0. The number of aliphatic hydroxyl groups is 2. The molecule has 0 bridgehead atoms. The molecule has 2 rings (SSSR count). The Bertz CT molecular complexity index is 1620. The molecule has 0 spiro atoms. The minimum atomic E-state index is -1.38. The first-order valence-electron chi connectivity index (χ1n) is 19.9. The number of esters is 1. The van der Waals surface area contributed by atoms with Gasteiger partial charge in [-0.15, -0.1) is 0 Å². The van der Waals surface area contributed by atoms with Gasteiger partial charge in [-0.3, -0.25) is 24.0 Å². The third-order valence-electron chi connectivity index (χ3n) is 9.01. The zero-order chi connectivity index (χ0) is 43.6. The van der Waals surface area contributed by atoms with Crippen molar-refractivity contribution in [2.24, 2.45) is 11.8 Å². The van der Waals surface area contributed by atoms with Gasteiger partial charge >= 0.3 is 12.1 Å². The molecule has 0 aliphatic carbocycles. The highest BCUT2D eigenvalue weighted by atomic mass is 16.6. The van der Waals surface area contributed by atoms with Gasteiger partial charge in [0.05, 0.1) is 44.2 Å². The van der Waals surface area contributed by atoms with E-state index < -0.39 is 90.1 Å². The lowest BCUT2D eigenvalue weighted by Crippen LogP contribution is -2.58. The zero-order valence-electron chi connectivity index (χ0n) is 35.4. The fraction of sp³-hybridized carbons (Fsp3) is 0.581. The Morgan fingerprint density at radius 2 is 1.03 bits per heavy atom. The van der Waals surface area contributed by atoms with Gasteiger partial charge in [0.2, 0.25) is 23.6 Å². The number of rotatable bonds is 22. The molecule has 0 radical (unpaired) electrons. The SMILES string of the molecule is COC(=O)CC(O)C(CC(C)C)NC(=O)C(C)NC(=O)CC(O)C(CC(C)C)NC(=O)C(Cc1ccccc1)NC(=O)[C@H](Cc1ccccc1)NC(=O)OC(C)(C)C. The monoisotopic (exact) mass is 811 g/mol. The smallest absolute Gasteiger partial charge is 0.408 e. The second-order valence-electron chi connectivity index (χ2n) is 16.5. The van der Waals surface area contributed by atoms with Crippen LogP contribution in [0.1, 0.15) is 92.2 Å². The van der Waals surface area contributed by atoms with E-state index in [1.807, 2.05) is 64.1 Å². The minimum absolute atomic E-state index is 0.0301. The molecular formula is C43H65N5O10. The maximum Gasteiger partial charge on any atom is 0.408 e. The Morgan fingerprint density at radius 1 is 0.603 bits per heavy atom. The zero-order valence-corrected chi connectivity index (χ0v) is 35.4. The van der Waals surface area contributed by atoms with E-state index in [0.29, 0.717) is 6.42 Å². The summed E-state index contributed by atoms with van der Waals surface area (Å²) in [5, 5.41) is 35.5. The van der Waals surface area contributed by atoms with E-state index in [1.165, 1.54) is 14.0 Å². The maximum atomic E-state index is 14.1. The van der Waals surface area contributed by atoms with Crippen LogP contribution >= 0.6 is 0 Å². The number of carbonyl (C=O) groups is 6. The number of carbonyl (C=O) groups excluding carboxylic acids is 6. The van der Waals surface area contributed by atoms with Crippen LogP contribution in [0, 0.1) is 11.8 Å². The lowest BCUT2D eigenvalue weighted by atomic mass is 9.95. The Kier molecular flexibility index (Phi) is 20.4. The topological polar surface area (TPSA) is 221 Å². The van der Waals surface area contributed by atoms with E-state index >= 15 is 0 Å². The number of hydrogen-bond acceptors (Lipinski definition) is 10. The Hall–Kier alpha value is -5.02. The molecule has 5 amide bonds. The van der Waals surface area contributed by atoms with Crippen molar-refractivity contribution in [2.45, 2.75) is 142 Å². The number of ether oxygens (including phenoxy) is 2. The maximum absolute atomic E-state index is 14.1. The van der Waals surface area contributed by atoms with Gasteiger partial charge in [-0.1, -0.05) is 88.4 Å². The van der Waals surface area contributed by atoms with Crippen LogP contribution in [-0.2, 0) is 46.3 Å². The predicted molar refractivity (Wildman–Crippen MR) is 219 cm³/mol. The number of hydrogen-bond donors (Lipinski definition) is 7. The van der Waals surface area contributed by atoms with Crippen molar-refractivity contribution in [3.63, 3.8) is 0 Å².